The van der Waals surface area contributed by atoms with E-state index >= 15 is 0 Å². The molecule has 0 bridgehead atoms. The van der Waals surface area contributed by atoms with Gasteiger partial charge in [0, 0.05) is 10.5 Å². The van der Waals surface area contributed by atoms with Gasteiger partial charge < -0.3 is 9.84 Å². The summed E-state index contributed by atoms with van der Waals surface area (Å²) in [4.78, 5) is 13.3. The molecular weight excluding hydrogens is 365 g/mol. The fraction of sp³-hybridized carbons (Fsp3) is 0.316. The van der Waals surface area contributed by atoms with Gasteiger partial charge in [0.05, 0.1) is 19.1 Å². The van der Waals surface area contributed by atoms with Crippen molar-refractivity contribution in [2.75, 3.05) is 7.11 Å². The van der Waals surface area contributed by atoms with Gasteiger partial charge in [0.15, 0.2) is 5.78 Å². The number of benzene rings is 2. The van der Waals surface area contributed by atoms with Crippen molar-refractivity contribution in [3.05, 3.63) is 59.7 Å². The summed E-state index contributed by atoms with van der Waals surface area (Å²) in [5.41, 5.74) is 0.441. The van der Waals surface area contributed by atoms with Crippen LogP contribution in [0.4, 0.5) is 13.2 Å². The number of rotatable bonds is 3. The maximum Gasteiger partial charge on any atom is 0.404 e. The number of Topliss-reactive ketones (excluding diaryl/α,β-unsaturated/α-hetero) is 1. The largest absolute Gasteiger partial charge is 0.497 e. The Morgan fingerprint density at radius 3 is 2.35 bits per heavy atom. The van der Waals surface area contributed by atoms with Gasteiger partial charge in [-0.25, -0.2) is 0 Å². The molecule has 3 atom stereocenters. The molecule has 0 radical (unpaired) electrons. The van der Waals surface area contributed by atoms with Crippen LogP contribution in [0, 0.1) is 5.92 Å². The lowest BCUT2D eigenvalue weighted by Gasteiger charge is -2.44. The number of aliphatic hydroxyl groups excluding tert-OH is 1. The summed E-state index contributed by atoms with van der Waals surface area (Å²) in [6.07, 6.45) is -6.23. The molecular formula is C19H17F3O3S. The Bertz CT molecular complexity index is 820. The number of aliphatic hydroxyl groups is 1. The Labute approximate surface area is 153 Å². The van der Waals surface area contributed by atoms with E-state index in [0.717, 1.165) is 6.92 Å². The second kappa shape index (κ2) is 6.63. The molecule has 1 aliphatic heterocycles. The molecule has 0 aromatic heterocycles. The van der Waals surface area contributed by atoms with E-state index in [9.17, 15) is 23.1 Å². The van der Waals surface area contributed by atoms with Gasteiger partial charge in [-0.1, -0.05) is 18.2 Å². The zero-order valence-corrected chi connectivity index (χ0v) is 14.9. The van der Waals surface area contributed by atoms with Gasteiger partial charge >= 0.3 is 6.18 Å². The van der Waals surface area contributed by atoms with Crippen LogP contribution in [-0.4, -0.2) is 28.9 Å². The number of ether oxygens (including phenoxy) is 1. The van der Waals surface area contributed by atoms with Gasteiger partial charge in [0.2, 0.25) is 0 Å². The highest BCUT2D eigenvalue weighted by Gasteiger charge is 2.63. The van der Waals surface area contributed by atoms with E-state index < -0.39 is 28.7 Å². The molecule has 1 aliphatic rings. The van der Waals surface area contributed by atoms with Crippen molar-refractivity contribution in [3.8, 4) is 5.75 Å². The molecule has 2 aromatic rings. The zero-order chi connectivity index (χ0) is 19.1. The van der Waals surface area contributed by atoms with E-state index in [0.29, 0.717) is 28.0 Å². The molecule has 0 saturated carbocycles. The number of methoxy groups -OCH3 is 1. The average Bonchev–Trinajstić information content (AvgIpc) is 2.60. The predicted molar refractivity (Wildman–Crippen MR) is 92.5 cm³/mol. The first-order chi connectivity index (χ1) is 12.2. The summed E-state index contributed by atoms with van der Waals surface area (Å²) in [6.45, 7) is 0.975. The average molecular weight is 382 g/mol. The molecule has 0 fully saturated rings. The Balaban J connectivity index is 2.10. The third kappa shape index (κ3) is 2.99. The quantitative estimate of drug-likeness (QED) is 0.785. The fourth-order valence-electron chi connectivity index (χ4n) is 3.15. The topological polar surface area (TPSA) is 46.5 Å². The van der Waals surface area contributed by atoms with Gasteiger partial charge in [0.1, 0.15) is 10.5 Å². The zero-order valence-electron chi connectivity index (χ0n) is 14.1. The van der Waals surface area contributed by atoms with Crippen LogP contribution in [0.2, 0.25) is 0 Å². The first-order valence-electron chi connectivity index (χ1n) is 7.90. The van der Waals surface area contributed by atoms with Crippen LogP contribution in [-0.2, 0) is 0 Å². The first-order valence-corrected chi connectivity index (χ1v) is 8.71. The van der Waals surface area contributed by atoms with Crippen LogP contribution in [0.25, 0.3) is 0 Å². The molecule has 7 heteroatoms. The van der Waals surface area contributed by atoms with Crippen molar-refractivity contribution >= 4 is 17.5 Å². The van der Waals surface area contributed by atoms with Crippen LogP contribution in [0.5, 0.6) is 5.75 Å². The number of carbonyl (C=O) groups excluding carboxylic acids is 1. The molecule has 3 nitrogen and oxygen atoms in total. The summed E-state index contributed by atoms with van der Waals surface area (Å²) in [7, 11) is 1.45. The predicted octanol–water partition coefficient (Wildman–Crippen LogP) is 4.65. The number of hydrogen-bond donors (Lipinski definition) is 1. The number of ketones is 1. The second-order valence-electron chi connectivity index (χ2n) is 6.26. The van der Waals surface area contributed by atoms with Crippen LogP contribution >= 0.6 is 11.8 Å². The van der Waals surface area contributed by atoms with E-state index in [1.807, 2.05) is 0 Å². The number of thioether (sulfide) groups is 1. The number of carbonyl (C=O) groups is 1. The molecule has 1 heterocycles. The van der Waals surface area contributed by atoms with E-state index in [4.69, 9.17) is 4.74 Å². The SMILES string of the molecule is COc1ccc(C(=O)[C@@H]2[C@@H](O)c3ccccc3S[C@@]2(C)C(F)(F)F)cc1. The molecule has 0 saturated heterocycles. The van der Waals surface area contributed by atoms with Gasteiger partial charge in [0.25, 0.3) is 0 Å². The highest BCUT2D eigenvalue weighted by atomic mass is 32.2. The van der Waals surface area contributed by atoms with Crippen molar-refractivity contribution in [2.24, 2.45) is 5.92 Å². The molecule has 0 amide bonds. The summed E-state index contributed by atoms with van der Waals surface area (Å²) in [6, 6.07) is 12.2. The second-order valence-corrected chi connectivity index (χ2v) is 7.75. The Hall–Kier alpha value is -1.99. The van der Waals surface area contributed by atoms with E-state index in [1.54, 1.807) is 18.2 Å². The highest BCUT2D eigenvalue weighted by molar-refractivity contribution is 8.01. The minimum atomic E-state index is -4.68. The van der Waals surface area contributed by atoms with E-state index in [2.05, 4.69) is 0 Å². The highest BCUT2D eigenvalue weighted by Crippen LogP contribution is 2.58. The number of hydrogen-bond acceptors (Lipinski definition) is 4. The monoisotopic (exact) mass is 382 g/mol. The molecule has 1 N–H and O–H groups in total. The molecule has 0 unspecified atom stereocenters. The van der Waals surface area contributed by atoms with E-state index in [-0.39, 0.29) is 5.56 Å². The lowest BCUT2D eigenvalue weighted by molar-refractivity contribution is -0.172. The number of alkyl halides is 3. The van der Waals surface area contributed by atoms with Crippen molar-refractivity contribution in [1.29, 1.82) is 0 Å². The van der Waals surface area contributed by atoms with Crippen molar-refractivity contribution in [1.82, 2.24) is 0 Å². The van der Waals surface area contributed by atoms with Crippen molar-refractivity contribution in [2.45, 2.75) is 28.8 Å². The van der Waals surface area contributed by atoms with Crippen molar-refractivity contribution < 1.29 is 27.8 Å². The van der Waals surface area contributed by atoms with Crippen LogP contribution < -0.4 is 4.74 Å². The van der Waals surface area contributed by atoms with Crippen LogP contribution in [0.3, 0.4) is 0 Å². The Kier molecular flexibility index (Phi) is 4.79. The molecule has 0 aliphatic carbocycles. The standard InChI is InChI=1S/C19H17F3O3S/c1-18(19(20,21)22)15(16(23)11-7-9-12(25-2)10-8-11)17(24)13-5-3-4-6-14(13)26-18/h3-10,15,17,24H,1-2H3/t15-,17+,18-/m1/s1. The van der Waals surface area contributed by atoms with Gasteiger partial charge in [-0.05, 0) is 42.8 Å². The maximum absolute atomic E-state index is 13.9. The van der Waals surface area contributed by atoms with Gasteiger partial charge in [-0.2, -0.15) is 13.2 Å². The van der Waals surface area contributed by atoms with Gasteiger partial charge in [-0.3, -0.25) is 4.79 Å². The molecule has 26 heavy (non-hydrogen) atoms. The minimum absolute atomic E-state index is 0.102. The Morgan fingerprint density at radius 2 is 1.77 bits per heavy atom. The number of fused-ring (bicyclic) bond motifs is 1. The first kappa shape index (κ1) is 18.8. The maximum atomic E-state index is 13.9. The van der Waals surface area contributed by atoms with Crippen molar-refractivity contribution in [3.63, 3.8) is 0 Å². The lowest BCUT2D eigenvalue weighted by Crippen LogP contribution is -2.53. The summed E-state index contributed by atoms with van der Waals surface area (Å²) in [5, 5.41) is 10.7. The fourth-order valence-corrected chi connectivity index (χ4v) is 4.54. The number of halogens is 3. The summed E-state index contributed by atoms with van der Waals surface area (Å²) in [5.74, 6) is -1.91. The third-order valence-electron chi connectivity index (χ3n) is 4.69. The normalized spacial score (nSPS) is 25.5. The Morgan fingerprint density at radius 1 is 1.15 bits per heavy atom. The third-order valence-corrected chi connectivity index (χ3v) is 6.19. The summed E-state index contributed by atoms with van der Waals surface area (Å²) >= 11 is 0.578. The molecule has 138 valence electrons. The lowest BCUT2D eigenvalue weighted by atomic mass is 9.78. The van der Waals surface area contributed by atoms with Crippen LogP contribution in [0.15, 0.2) is 53.4 Å². The van der Waals surface area contributed by atoms with Gasteiger partial charge in [-0.15, -0.1) is 11.8 Å². The smallest absolute Gasteiger partial charge is 0.404 e. The van der Waals surface area contributed by atoms with E-state index in [1.165, 1.54) is 37.4 Å². The van der Waals surface area contributed by atoms with Crippen LogP contribution in [0.1, 0.15) is 28.9 Å². The minimum Gasteiger partial charge on any atom is -0.497 e. The molecule has 3 rings (SSSR count). The molecule has 0 spiro atoms. The summed E-state index contributed by atoms with van der Waals surface area (Å²) < 4.78 is 44.4. The molecule has 2 aromatic carbocycles.